The van der Waals surface area contributed by atoms with Crippen LogP contribution >= 0.6 is 0 Å². The Morgan fingerprint density at radius 1 is 1.19 bits per heavy atom. The standard InChI is InChI=1S/C16H27N5/c1-5-12(4)21-9-8-14(19-21)10-15(17)16-11-13(6-2)18-20(16)7-3/h8-9,11-12,15H,5-7,10,17H2,1-4H3. The van der Waals surface area contributed by atoms with Crippen LogP contribution < -0.4 is 5.73 Å². The second-order valence-corrected chi connectivity index (χ2v) is 5.58. The molecule has 2 heterocycles. The number of hydrogen-bond donors (Lipinski definition) is 1. The van der Waals surface area contributed by atoms with Gasteiger partial charge in [-0.15, -0.1) is 0 Å². The Morgan fingerprint density at radius 2 is 1.95 bits per heavy atom. The van der Waals surface area contributed by atoms with Crippen molar-refractivity contribution in [2.75, 3.05) is 0 Å². The lowest BCUT2D eigenvalue weighted by atomic mass is 10.1. The van der Waals surface area contributed by atoms with E-state index < -0.39 is 0 Å². The average molecular weight is 289 g/mol. The molecular weight excluding hydrogens is 262 g/mol. The van der Waals surface area contributed by atoms with Crippen molar-refractivity contribution in [2.45, 2.75) is 65.6 Å². The maximum absolute atomic E-state index is 6.38. The van der Waals surface area contributed by atoms with E-state index >= 15 is 0 Å². The molecule has 0 aromatic carbocycles. The van der Waals surface area contributed by atoms with Crippen LogP contribution in [0, 0.1) is 0 Å². The molecule has 2 N–H and O–H groups in total. The van der Waals surface area contributed by atoms with Gasteiger partial charge in [0.05, 0.1) is 23.1 Å². The summed E-state index contributed by atoms with van der Waals surface area (Å²) in [5.41, 5.74) is 9.63. The molecule has 2 aromatic heterocycles. The van der Waals surface area contributed by atoms with Gasteiger partial charge in [0, 0.05) is 25.2 Å². The van der Waals surface area contributed by atoms with Gasteiger partial charge in [0.15, 0.2) is 0 Å². The molecule has 0 saturated carbocycles. The highest BCUT2D eigenvalue weighted by Gasteiger charge is 2.16. The van der Waals surface area contributed by atoms with Crippen LogP contribution in [0.25, 0.3) is 0 Å². The summed E-state index contributed by atoms with van der Waals surface area (Å²) in [5, 5.41) is 9.20. The summed E-state index contributed by atoms with van der Waals surface area (Å²) >= 11 is 0. The number of rotatable bonds is 7. The SMILES string of the molecule is CCc1cc(C(N)Cc2ccn(C(C)CC)n2)n(CC)n1. The Bertz CT molecular complexity index is 569. The third-order valence-electron chi connectivity index (χ3n) is 4.04. The Morgan fingerprint density at radius 3 is 2.57 bits per heavy atom. The second kappa shape index (κ2) is 6.89. The van der Waals surface area contributed by atoms with Crippen molar-refractivity contribution >= 4 is 0 Å². The van der Waals surface area contributed by atoms with Crippen LogP contribution in [0.2, 0.25) is 0 Å². The van der Waals surface area contributed by atoms with Crippen molar-refractivity contribution in [3.05, 3.63) is 35.4 Å². The maximum Gasteiger partial charge on any atom is 0.0644 e. The summed E-state index contributed by atoms with van der Waals surface area (Å²) in [7, 11) is 0. The predicted octanol–water partition coefficient (Wildman–Crippen LogP) is 2.88. The van der Waals surface area contributed by atoms with Gasteiger partial charge in [-0.25, -0.2) is 0 Å². The molecule has 5 nitrogen and oxygen atoms in total. The van der Waals surface area contributed by atoms with Gasteiger partial charge in [0.2, 0.25) is 0 Å². The molecule has 0 fully saturated rings. The molecule has 2 atom stereocenters. The Kier molecular flexibility index (Phi) is 5.17. The summed E-state index contributed by atoms with van der Waals surface area (Å²) in [6, 6.07) is 4.57. The lowest BCUT2D eigenvalue weighted by Gasteiger charge is -2.12. The molecule has 0 aliphatic heterocycles. The maximum atomic E-state index is 6.38. The Labute approximate surface area is 127 Å². The molecular formula is C16H27N5. The van der Waals surface area contributed by atoms with Crippen molar-refractivity contribution < 1.29 is 0 Å². The van der Waals surface area contributed by atoms with E-state index in [1.165, 1.54) is 0 Å². The summed E-state index contributed by atoms with van der Waals surface area (Å²) in [5.74, 6) is 0. The summed E-state index contributed by atoms with van der Waals surface area (Å²) in [6.45, 7) is 9.41. The monoisotopic (exact) mass is 289 g/mol. The van der Waals surface area contributed by atoms with Crippen molar-refractivity contribution in [1.82, 2.24) is 19.6 Å². The van der Waals surface area contributed by atoms with E-state index in [-0.39, 0.29) is 6.04 Å². The predicted molar refractivity (Wildman–Crippen MR) is 85.1 cm³/mol. The van der Waals surface area contributed by atoms with Crippen molar-refractivity contribution in [3.63, 3.8) is 0 Å². The highest BCUT2D eigenvalue weighted by Crippen LogP contribution is 2.18. The molecule has 5 heteroatoms. The third-order valence-corrected chi connectivity index (χ3v) is 4.04. The topological polar surface area (TPSA) is 61.7 Å². The summed E-state index contributed by atoms with van der Waals surface area (Å²) < 4.78 is 4.03. The van der Waals surface area contributed by atoms with E-state index in [9.17, 15) is 0 Å². The number of nitrogens with zero attached hydrogens (tertiary/aromatic N) is 4. The summed E-state index contributed by atoms with van der Waals surface area (Å²) in [6.07, 6.45) is 4.81. The molecule has 0 aliphatic carbocycles. The normalized spacial score (nSPS) is 14.3. The van der Waals surface area contributed by atoms with E-state index in [4.69, 9.17) is 5.73 Å². The minimum absolute atomic E-state index is 0.0574. The van der Waals surface area contributed by atoms with Crippen molar-refractivity contribution in [2.24, 2.45) is 5.73 Å². The number of hydrogen-bond acceptors (Lipinski definition) is 3. The van der Waals surface area contributed by atoms with Gasteiger partial charge < -0.3 is 5.73 Å². The molecule has 2 rings (SSSR count). The molecule has 0 aliphatic rings. The van der Waals surface area contributed by atoms with E-state index in [1.54, 1.807) is 0 Å². The quantitative estimate of drug-likeness (QED) is 0.852. The van der Waals surface area contributed by atoms with Crippen LogP contribution in [-0.4, -0.2) is 19.6 Å². The van der Waals surface area contributed by atoms with Gasteiger partial charge in [-0.05, 0) is 38.8 Å². The third kappa shape index (κ3) is 3.53. The smallest absolute Gasteiger partial charge is 0.0644 e. The van der Waals surface area contributed by atoms with Crippen LogP contribution in [0.4, 0.5) is 0 Å². The number of nitrogens with two attached hydrogens (primary N) is 1. The molecule has 116 valence electrons. The molecule has 0 bridgehead atoms. The highest BCUT2D eigenvalue weighted by molar-refractivity contribution is 5.16. The van der Waals surface area contributed by atoms with Gasteiger partial charge in [-0.2, -0.15) is 10.2 Å². The molecule has 0 saturated heterocycles. The lowest BCUT2D eigenvalue weighted by Crippen LogP contribution is -2.18. The minimum Gasteiger partial charge on any atom is -0.322 e. The zero-order chi connectivity index (χ0) is 15.4. The zero-order valence-electron chi connectivity index (χ0n) is 13.6. The van der Waals surface area contributed by atoms with Gasteiger partial charge >= 0.3 is 0 Å². The Balaban J connectivity index is 2.12. The largest absolute Gasteiger partial charge is 0.322 e. The minimum atomic E-state index is -0.0574. The molecule has 0 amide bonds. The second-order valence-electron chi connectivity index (χ2n) is 5.58. The van der Waals surface area contributed by atoms with E-state index in [0.717, 1.165) is 42.9 Å². The fraction of sp³-hybridized carbons (Fsp3) is 0.625. The van der Waals surface area contributed by atoms with Crippen LogP contribution in [0.5, 0.6) is 0 Å². The van der Waals surface area contributed by atoms with Crippen LogP contribution in [0.1, 0.15) is 63.3 Å². The Hall–Kier alpha value is -1.62. The van der Waals surface area contributed by atoms with Gasteiger partial charge in [-0.3, -0.25) is 9.36 Å². The van der Waals surface area contributed by atoms with Gasteiger partial charge in [0.25, 0.3) is 0 Å². The number of aromatic nitrogens is 4. The number of aryl methyl sites for hydroxylation is 2. The van der Waals surface area contributed by atoms with Crippen LogP contribution in [-0.2, 0) is 19.4 Å². The first-order chi connectivity index (χ1) is 10.1. The van der Waals surface area contributed by atoms with E-state index in [1.807, 2.05) is 15.6 Å². The highest BCUT2D eigenvalue weighted by atomic mass is 15.3. The van der Waals surface area contributed by atoms with E-state index in [2.05, 4.69) is 50.0 Å². The molecule has 0 spiro atoms. The average Bonchev–Trinajstić information content (AvgIpc) is 3.12. The first kappa shape index (κ1) is 15.8. The fourth-order valence-corrected chi connectivity index (χ4v) is 2.46. The van der Waals surface area contributed by atoms with Crippen LogP contribution in [0.15, 0.2) is 18.3 Å². The van der Waals surface area contributed by atoms with Gasteiger partial charge in [-0.1, -0.05) is 13.8 Å². The molecule has 21 heavy (non-hydrogen) atoms. The first-order valence-corrected chi connectivity index (χ1v) is 7.95. The first-order valence-electron chi connectivity index (χ1n) is 7.95. The zero-order valence-corrected chi connectivity index (χ0v) is 13.6. The molecule has 2 aromatic rings. The van der Waals surface area contributed by atoms with Crippen molar-refractivity contribution in [1.29, 1.82) is 0 Å². The summed E-state index contributed by atoms with van der Waals surface area (Å²) in [4.78, 5) is 0. The van der Waals surface area contributed by atoms with Gasteiger partial charge in [0.1, 0.15) is 0 Å². The van der Waals surface area contributed by atoms with Crippen molar-refractivity contribution in [3.8, 4) is 0 Å². The fourth-order valence-electron chi connectivity index (χ4n) is 2.46. The molecule has 0 radical (unpaired) electrons. The van der Waals surface area contributed by atoms with Crippen LogP contribution in [0.3, 0.4) is 0 Å². The van der Waals surface area contributed by atoms with E-state index in [0.29, 0.717) is 6.04 Å². The lowest BCUT2D eigenvalue weighted by molar-refractivity contribution is 0.470. The molecule has 2 unspecified atom stereocenters.